The van der Waals surface area contributed by atoms with Crippen LogP contribution >= 0.6 is 11.3 Å². The van der Waals surface area contributed by atoms with Gasteiger partial charge in [-0.3, -0.25) is 9.80 Å². The monoisotopic (exact) mass is 385 g/mol. The molecule has 5 heteroatoms. The molecule has 4 nitrogen and oxygen atoms in total. The second kappa shape index (κ2) is 8.82. The van der Waals surface area contributed by atoms with Crippen molar-refractivity contribution in [2.45, 2.75) is 51.3 Å². The fourth-order valence-corrected chi connectivity index (χ4v) is 5.26. The van der Waals surface area contributed by atoms with Gasteiger partial charge in [-0.25, -0.2) is 4.98 Å². The molecule has 0 saturated carbocycles. The molecule has 27 heavy (non-hydrogen) atoms. The molecule has 1 aromatic heterocycles. The summed E-state index contributed by atoms with van der Waals surface area (Å²) in [4.78, 5) is 10.0. The Morgan fingerprint density at radius 3 is 2.81 bits per heavy atom. The molecule has 2 heterocycles. The quantitative estimate of drug-likeness (QED) is 0.712. The van der Waals surface area contributed by atoms with Gasteiger partial charge in [0.2, 0.25) is 0 Å². The molecule has 0 N–H and O–H groups in total. The van der Waals surface area contributed by atoms with Crippen LogP contribution in [0.1, 0.15) is 60.2 Å². The molecule has 146 valence electrons. The molecule has 1 aromatic carbocycles. The Bertz CT molecular complexity index is 739. The number of hydrogen-bond donors (Lipinski definition) is 0. The Labute approximate surface area is 167 Å². The van der Waals surface area contributed by atoms with Crippen LogP contribution in [0.4, 0.5) is 0 Å². The average Bonchev–Trinajstić information content (AvgIpc) is 3.06. The van der Waals surface area contributed by atoms with E-state index < -0.39 is 0 Å². The molecule has 1 aliphatic heterocycles. The van der Waals surface area contributed by atoms with Gasteiger partial charge >= 0.3 is 0 Å². The number of aromatic nitrogens is 1. The molecule has 1 saturated heterocycles. The number of benzene rings is 1. The maximum atomic E-state index is 5.39. The third-order valence-electron chi connectivity index (χ3n) is 6.09. The van der Waals surface area contributed by atoms with E-state index in [9.17, 15) is 0 Å². The molecule has 0 amide bonds. The van der Waals surface area contributed by atoms with Crippen molar-refractivity contribution in [2.75, 3.05) is 33.3 Å². The number of piperazine rings is 1. The van der Waals surface area contributed by atoms with Gasteiger partial charge < -0.3 is 4.74 Å². The van der Waals surface area contributed by atoms with Crippen molar-refractivity contribution in [1.29, 1.82) is 0 Å². The van der Waals surface area contributed by atoms with Crippen molar-refractivity contribution >= 4 is 11.3 Å². The highest BCUT2D eigenvalue weighted by molar-refractivity contribution is 7.09. The minimum absolute atomic E-state index is 0.0934. The number of fused-ring (bicyclic) bond motifs is 1. The van der Waals surface area contributed by atoms with E-state index in [1.807, 2.05) is 0 Å². The first-order valence-electron chi connectivity index (χ1n) is 10.3. The molecule has 0 radical (unpaired) electrons. The molecule has 1 aliphatic carbocycles. The van der Waals surface area contributed by atoms with Gasteiger partial charge in [0, 0.05) is 51.3 Å². The Hall–Kier alpha value is -1.27. The zero-order chi connectivity index (χ0) is 18.6. The molecule has 2 atom stereocenters. The summed E-state index contributed by atoms with van der Waals surface area (Å²) >= 11 is 1.72. The van der Waals surface area contributed by atoms with Gasteiger partial charge in [0.25, 0.3) is 0 Å². The largest absolute Gasteiger partial charge is 0.375 e. The molecular weight excluding hydrogens is 354 g/mol. The summed E-state index contributed by atoms with van der Waals surface area (Å²) < 4.78 is 5.39. The highest BCUT2D eigenvalue weighted by Gasteiger charge is 2.27. The van der Waals surface area contributed by atoms with Crippen LogP contribution in [0.25, 0.3) is 0 Å². The lowest BCUT2D eigenvalue weighted by atomic mass is 9.97. The molecule has 2 aromatic rings. The first kappa shape index (κ1) is 19.1. The number of thiazole rings is 1. The topological polar surface area (TPSA) is 28.6 Å². The fraction of sp³-hybridized carbons (Fsp3) is 0.591. The maximum absolute atomic E-state index is 5.39. The van der Waals surface area contributed by atoms with Gasteiger partial charge in [-0.05, 0) is 37.3 Å². The zero-order valence-electron chi connectivity index (χ0n) is 16.6. The van der Waals surface area contributed by atoms with Gasteiger partial charge in [-0.1, -0.05) is 30.7 Å². The summed E-state index contributed by atoms with van der Waals surface area (Å²) in [6.45, 7) is 7.60. The van der Waals surface area contributed by atoms with Crippen molar-refractivity contribution < 1.29 is 4.74 Å². The standard InChI is InChI=1S/C22H31N3OS/c1-17(26-2)22-23-19(16-27-22)15-24-11-13-25(14-12-24)21-10-6-4-8-18-7-3-5-9-20(18)21/h3,5,7,9,16-17,21H,4,6,8,10-15H2,1-2H3/t17-,21+/m1/s1. The minimum Gasteiger partial charge on any atom is -0.375 e. The summed E-state index contributed by atoms with van der Waals surface area (Å²) in [6.07, 6.45) is 5.33. The Morgan fingerprint density at radius 2 is 2.00 bits per heavy atom. The highest BCUT2D eigenvalue weighted by atomic mass is 32.1. The van der Waals surface area contributed by atoms with E-state index in [1.165, 1.54) is 31.4 Å². The van der Waals surface area contributed by atoms with Crippen LogP contribution < -0.4 is 0 Å². The maximum Gasteiger partial charge on any atom is 0.122 e. The van der Waals surface area contributed by atoms with Crippen LogP contribution in [0, 0.1) is 0 Å². The minimum atomic E-state index is 0.0934. The highest BCUT2D eigenvalue weighted by Crippen LogP contribution is 2.33. The lowest BCUT2D eigenvalue weighted by Gasteiger charge is -2.39. The van der Waals surface area contributed by atoms with Crippen LogP contribution in [0.15, 0.2) is 29.6 Å². The lowest BCUT2D eigenvalue weighted by molar-refractivity contribution is 0.0865. The van der Waals surface area contributed by atoms with Crippen LogP contribution in [0.5, 0.6) is 0 Å². The SMILES string of the molecule is CO[C@H](C)c1nc(CN2CCN([C@H]3CCCCc4ccccc43)CC2)cs1. The molecule has 2 aliphatic rings. The molecule has 0 unspecified atom stereocenters. The number of hydrogen-bond acceptors (Lipinski definition) is 5. The Balaban J connectivity index is 1.36. The smallest absolute Gasteiger partial charge is 0.122 e. The first-order chi connectivity index (χ1) is 13.2. The van der Waals surface area contributed by atoms with E-state index in [0.29, 0.717) is 6.04 Å². The van der Waals surface area contributed by atoms with E-state index >= 15 is 0 Å². The van der Waals surface area contributed by atoms with Crippen LogP contribution in [0.2, 0.25) is 0 Å². The van der Waals surface area contributed by atoms with Gasteiger partial charge in [-0.15, -0.1) is 11.3 Å². The van der Waals surface area contributed by atoms with Gasteiger partial charge in [0.05, 0.1) is 5.69 Å². The molecule has 4 rings (SSSR count). The van der Waals surface area contributed by atoms with Crippen molar-refractivity contribution in [3.8, 4) is 0 Å². The molecule has 0 spiro atoms. The van der Waals surface area contributed by atoms with Crippen molar-refractivity contribution in [2.24, 2.45) is 0 Å². The third-order valence-corrected chi connectivity index (χ3v) is 7.15. The van der Waals surface area contributed by atoms with E-state index in [4.69, 9.17) is 9.72 Å². The summed E-state index contributed by atoms with van der Waals surface area (Å²) in [5.41, 5.74) is 4.35. The first-order valence-corrected chi connectivity index (χ1v) is 11.1. The fourth-order valence-electron chi connectivity index (χ4n) is 4.42. The van der Waals surface area contributed by atoms with Crippen LogP contribution in [-0.2, 0) is 17.7 Å². The third kappa shape index (κ3) is 4.43. The molecule has 1 fully saturated rings. The van der Waals surface area contributed by atoms with E-state index in [1.54, 1.807) is 29.6 Å². The van der Waals surface area contributed by atoms with Crippen LogP contribution in [0.3, 0.4) is 0 Å². The average molecular weight is 386 g/mol. The molecular formula is C22H31N3OS. The van der Waals surface area contributed by atoms with Gasteiger partial charge in [0.1, 0.15) is 11.1 Å². The predicted molar refractivity (Wildman–Crippen MR) is 111 cm³/mol. The van der Waals surface area contributed by atoms with Gasteiger partial charge in [-0.2, -0.15) is 0 Å². The number of methoxy groups -OCH3 is 1. The number of ether oxygens (including phenoxy) is 1. The second-order valence-electron chi connectivity index (χ2n) is 7.83. The van der Waals surface area contributed by atoms with Crippen LogP contribution in [-0.4, -0.2) is 48.1 Å². The number of aryl methyl sites for hydroxylation is 1. The van der Waals surface area contributed by atoms with Crippen molar-refractivity contribution in [3.05, 3.63) is 51.5 Å². The van der Waals surface area contributed by atoms with E-state index in [-0.39, 0.29) is 6.10 Å². The zero-order valence-corrected chi connectivity index (χ0v) is 17.4. The summed E-state index contributed by atoms with van der Waals surface area (Å²) in [6, 6.07) is 9.73. The van der Waals surface area contributed by atoms with Crippen molar-refractivity contribution in [3.63, 3.8) is 0 Å². The Morgan fingerprint density at radius 1 is 1.19 bits per heavy atom. The Kier molecular flexibility index (Phi) is 6.23. The van der Waals surface area contributed by atoms with Gasteiger partial charge in [0.15, 0.2) is 0 Å². The van der Waals surface area contributed by atoms with E-state index in [0.717, 1.165) is 37.7 Å². The predicted octanol–water partition coefficient (Wildman–Crippen LogP) is 4.44. The molecule has 0 bridgehead atoms. The summed E-state index contributed by atoms with van der Waals surface area (Å²) in [5.74, 6) is 0. The van der Waals surface area contributed by atoms with Crippen molar-refractivity contribution in [1.82, 2.24) is 14.8 Å². The summed E-state index contributed by atoms with van der Waals surface area (Å²) in [5, 5.41) is 3.28. The summed E-state index contributed by atoms with van der Waals surface area (Å²) in [7, 11) is 1.75. The second-order valence-corrected chi connectivity index (χ2v) is 8.72. The lowest BCUT2D eigenvalue weighted by Crippen LogP contribution is -2.47. The number of nitrogens with zero attached hydrogens (tertiary/aromatic N) is 3. The number of rotatable bonds is 5. The van der Waals surface area contributed by atoms with E-state index in [2.05, 4.69) is 46.4 Å². The normalized spacial score (nSPS) is 23.0.